The Kier molecular flexibility index (Phi) is 9.55. The average molecular weight is 433 g/mol. The van der Waals surface area contributed by atoms with Crippen molar-refractivity contribution in [2.45, 2.75) is 45.5 Å². The van der Waals surface area contributed by atoms with Gasteiger partial charge in [0, 0.05) is 23.9 Å². The molecule has 0 fully saturated rings. The van der Waals surface area contributed by atoms with Crippen LogP contribution in [0.25, 0.3) is 0 Å². The Hall–Kier alpha value is -1.98. The Morgan fingerprint density at radius 1 is 1.14 bits per heavy atom. The van der Waals surface area contributed by atoms with Crippen molar-refractivity contribution in [1.29, 1.82) is 0 Å². The summed E-state index contributed by atoms with van der Waals surface area (Å²) in [5.74, 6) is 0.891. The van der Waals surface area contributed by atoms with E-state index in [2.05, 4.69) is 30.4 Å². The third kappa shape index (κ3) is 7.75. The predicted octanol–water partition coefficient (Wildman–Crippen LogP) is 4.83. The maximum absolute atomic E-state index is 13.0. The zero-order valence-electron chi connectivity index (χ0n) is 17.3. The number of hydrogen-bond donors (Lipinski definition) is 1. The number of thioether (sulfide) groups is 1. The second-order valence-corrected chi connectivity index (χ2v) is 8.52. The first-order valence-electron chi connectivity index (χ1n) is 9.85. The molecule has 4 nitrogen and oxygen atoms in total. The maximum atomic E-state index is 13.0. The first-order valence-corrected chi connectivity index (χ1v) is 11.4. The number of carbonyl (C=O) groups excluding carboxylic acids is 2. The van der Waals surface area contributed by atoms with E-state index in [1.54, 1.807) is 29.7 Å². The second kappa shape index (κ2) is 11.9. The molecular weight excluding hydrogens is 404 g/mol. The van der Waals surface area contributed by atoms with Gasteiger partial charge in [-0.2, -0.15) is 0 Å². The fraction of sp³-hybridized carbons (Fsp3) is 0.391. The van der Waals surface area contributed by atoms with Gasteiger partial charge in [0.05, 0.1) is 5.75 Å². The van der Waals surface area contributed by atoms with Crippen molar-refractivity contribution in [2.24, 2.45) is 0 Å². The number of aryl methyl sites for hydroxylation is 1. The molecule has 29 heavy (non-hydrogen) atoms. The predicted molar refractivity (Wildman–Crippen MR) is 122 cm³/mol. The Balaban J connectivity index is 2.05. The van der Waals surface area contributed by atoms with Gasteiger partial charge in [-0.1, -0.05) is 60.5 Å². The lowest BCUT2D eigenvalue weighted by atomic mass is 10.1. The number of halogens is 1. The van der Waals surface area contributed by atoms with E-state index in [0.29, 0.717) is 23.9 Å². The van der Waals surface area contributed by atoms with Gasteiger partial charge in [0.1, 0.15) is 6.04 Å². The molecule has 1 N–H and O–H groups in total. The number of amides is 2. The van der Waals surface area contributed by atoms with Crippen LogP contribution in [0.15, 0.2) is 48.5 Å². The van der Waals surface area contributed by atoms with E-state index in [4.69, 9.17) is 11.6 Å². The van der Waals surface area contributed by atoms with Gasteiger partial charge in [-0.25, -0.2) is 0 Å². The smallest absolute Gasteiger partial charge is 0.242 e. The SMILES string of the molecule is CCCNC(=O)C(C)N(Cc1cccc(Cl)c1)C(=O)CSCc1cccc(C)c1. The van der Waals surface area contributed by atoms with Gasteiger partial charge >= 0.3 is 0 Å². The minimum absolute atomic E-state index is 0.0539. The fourth-order valence-corrected chi connectivity index (χ4v) is 4.02. The van der Waals surface area contributed by atoms with E-state index in [1.807, 2.05) is 31.2 Å². The molecule has 1 unspecified atom stereocenters. The Morgan fingerprint density at radius 3 is 2.55 bits per heavy atom. The van der Waals surface area contributed by atoms with Crippen molar-refractivity contribution < 1.29 is 9.59 Å². The lowest BCUT2D eigenvalue weighted by Gasteiger charge is -2.28. The lowest BCUT2D eigenvalue weighted by molar-refractivity contribution is -0.138. The van der Waals surface area contributed by atoms with Crippen LogP contribution in [-0.4, -0.2) is 35.1 Å². The summed E-state index contributed by atoms with van der Waals surface area (Å²) in [6.07, 6.45) is 0.854. The van der Waals surface area contributed by atoms with Crippen molar-refractivity contribution in [1.82, 2.24) is 10.2 Å². The highest BCUT2D eigenvalue weighted by molar-refractivity contribution is 7.99. The van der Waals surface area contributed by atoms with Gasteiger partial charge in [0.15, 0.2) is 0 Å². The van der Waals surface area contributed by atoms with Crippen molar-refractivity contribution >= 4 is 35.2 Å². The molecule has 2 aromatic rings. The molecule has 0 radical (unpaired) electrons. The summed E-state index contributed by atoms with van der Waals surface area (Å²) in [5, 5.41) is 3.50. The molecule has 2 rings (SSSR count). The van der Waals surface area contributed by atoms with Crippen LogP contribution in [0.4, 0.5) is 0 Å². The largest absolute Gasteiger partial charge is 0.354 e. The van der Waals surface area contributed by atoms with Crippen molar-refractivity contribution in [2.75, 3.05) is 12.3 Å². The summed E-state index contributed by atoms with van der Waals surface area (Å²) < 4.78 is 0. The van der Waals surface area contributed by atoms with Gasteiger partial charge in [-0.05, 0) is 43.5 Å². The van der Waals surface area contributed by atoms with Gasteiger partial charge in [0.2, 0.25) is 11.8 Å². The van der Waals surface area contributed by atoms with E-state index in [0.717, 1.165) is 17.7 Å². The second-order valence-electron chi connectivity index (χ2n) is 7.10. The van der Waals surface area contributed by atoms with Crippen LogP contribution in [0.3, 0.4) is 0 Å². The molecule has 2 amide bonds. The topological polar surface area (TPSA) is 49.4 Å². The molecule has 0 spiro atoms. The average Bonchev–Trinajstić information content (AvgIpc) is 2.69. The van der Waals surface area contributed by atoms with E-state index in [1.165, 1.54) is 11.1 Å². The van der Waals surface area contributed by atoms with Crippen LogP contribution in [0.5, 0.6) is 0 Å². The summed E-state index contributed by atoms with van der Waals surface area (Å²) in [6.45, 7) is 6.79. The van der Waals surface area contributed by atoms with E-state index < -0.39 is 6.04 Å². The summed E-state index contributed by atoms with van der Waals surface area (Å²) in [7, 11) is 0. The molecule has 0 bridgehead atoms. The van der Waals surface area contributed by atoms with Gasteiger partial charge in [0.25, 0.3) is 0 Å². The number of hydrogen-bond acceptors (Lipinski definition) is 3. The zero-order valence-corrected chi connectivity index (χ0v) is 18.9. The molecule has 0 heterocycles. The number of nitrogens with one attached hydrogen (secondary N) is 1. The van der Waals surface area contributed by atoms with Gasteiger partial charge < -0.3 is 10.2 Å². The van der Waals surface area contributed by atoms with Crippen molar-refractivity contribution in [3.05, 3.63) is 70.2 Å². The molecule has 156 valence electrons. The summed E-state index contributed by atoms with van der Waals surface area (Å²) >= 11 is 7.66. The summed E-state index contributed by atoms with van der Waals surface area (Å²) in [6, 6.07) is 15.1. The number of benzene rings is 2. The molecule has 0 aliphatic heterocycles. The molecular formula is C23H29ClN2O2S. The van der Waals surface area contributed by atoms with Crippen LogP contribution in [0, 0.1) is 6.92 Å². The highest BCUT2D eigenvalue weighted by Crippen LogP contribution is 2.18. The zero-order chi connectivity index (χ0) is 21.2. The Bertz CT molecular complexity index is 828. The molecule has 0 aromatic heterocycles. The molecule has 6 heteroatoms. The molecule has 0 aliphatic rings. The first-order chi connectivity index (χ1) is 13.9. The minimum Gasteiger partial charge on any atom is -0.354 e. The highest BCUT2D eigenvalue weighted by Gasteiger charge is 2.25. The molecule has 1 atom stereocenters. The Morgan fingerprint density at radius 2 is 1.86 bits per heavy atom. The van der Waals surface area contributed by atoms with E-state index in [9.17, 15) is 9.59 Å². The normalized spacial score (nSPS) is 11.7. The summed E-state index contributed by atoms with van der Waals surface area (Å²) in [4.78, 5) is 27.1. The van der Waals surface area contributed by atoms with E-state index >= 15 is 0 Å². The molecule has 2 aromatic carbocycles. The van der Waals surface area contributed by atoms with Gasteiger partial charge in [-0.3, -0.25) is 9.59 Å². The standard InChI is InChI=1S/C23H29ClN2O2S/c1-4-11-25-23(28)18(3)26(14-19-8-6-10-21(24)13-19)22(27)16-29-15-20-9-5-7-17(2)12-20/h5-10,12-13,18H,4,11,14-16H2,1-3H3,(H,25,28). The van der Waals surface area contributed by atoms with Crippen LogP contribution in [0.2, 0.25) is 5.02 Å². The lowest BCUT2D eigenvalue weighted by Crippen LogP contribution is -2.48. The van der Waals surface area contributed by atoms with Crippen LogP contribution in [-0.2, 0) is 21.9 Å². The van der Waals surface area contributed by atoms with Gasteiger partial charge in [-0.15, -0.1) is 11.8 Å². The maximum Gasteiger partial charge on any atom is 0.242 e. The van der Waals surface area contributed by atoms with E-state index in [-0.39, 0.29) is 11.8 Å². The molecule has 0 aliphatic carbocycles. The van der Waals surface area contributed by atoms with Crippen LogP contribution >= 0.6 is 23.4 Å². The Labute approximate surface area is 183 Å². The first kappa shape index (κ1) is 23.3. The highest BCUT2D eigenvalue weighted by atomic mass is 35.5. The van der Waals surface area contributed by atoms with Crippen LogP contribution in [0.1, 0.15) is 37.0 Å². The number of carbonyl (C=O) groups is 2. The molecule has 0 saturated carbocycles. The third-order valence-corrected chi connectivity index (χ3v) is 5.76. The number of nitrogens with zero attached hydrogens (tertiary/aromatic N) is 1. The van der Waals surface area contributed by atoms with Crippen LogP contribution < -0.4 is 5.32 Å². The number of rotatable bonds is 10. The summed E-state index contributed by atoms with van der Waals surface area (Å²) in [5.41, 5.74) is 3.31. The van der Waals surface area contributed by atoms with Crippen molar-refractivity contribution in [3.8, 4) is 0 Å². The minimum atomic E-state index is -0.549. The molecule has 0 saturated heterocycles. The monoisotopic (exact) mass is 432 g/mol. The quantitative estimate of drug-likeness (QED) is 0.585. The fourth-order valence-electron chi connectivity index (χ4n) is 2.95. The van der Waals surface area contributed by atoms with Crippen molar-refractivity contribution in [3.63, 3.8) is 0 Å². The third-order valence-electron chi connectivity index (χ3n) is 4.54.